The minimum atomic E-state index is -1.45. The zero-order valence-corrected chi connectivity index (χ0v) is 14.3. The topological polar surface area (TPSA) is 69.7 Å². The molecule has 0 amide bonds. The molecule has 0 aliphatic carbocycles. The predicted octanol–water partition coefficient (Wildman–Crippen LogP) is 1.93. The summed E-state index contributed by atoms with van der Waals surface area (Å²) in [4.78, 5) is 36.6. The Kier molecular flexibility index (Phi) is 8.18. The lowest BCUT2D eigenvalue weighted by Gasteiger charge is -2.30. The Labute approximate surface area is 133 Å². The molecule has 120 valence electrons. The number of carbonyl (C=O) groups is 3. The Morgan fingerprint density at radius 2 is 1.52 bits per heavy atom. The van der Waals surface area contributed by atoms with Crippen molar-refractivity contribution in [3.8, 4) is 0 Å². The van der Waals surface area contributed by atoms with Crippen LogP contribution in [0.25, 0.3) is 0 Å². The lowest BCUT2D eigenvalue weighted by atomic mass is 9.99. The number of hydrogen-bond acceptors (Lipinski definition) is 7. The summed E-state index contributed by atoms with van der Waals surface area (Å²) in [5, 5.41) is -0.227. The van der Waals surface area contributed by atoms with Gasteiger partial charge in [-0.05, 0) is 20.3 Å². The third-order valence-electron chi connectivity index (χ3n) is 3.06. The molecular weight excluding hydrogens is 312 g/mol. The van der Waals surface area contributed by atoms with E-state index in [0.717, 1.165) is 17.9 Å². The van der Waals surface area contributed by atoms with Crippen LogP contribution >= 0.6 is 23.5 Å². The summed E-state index contributed by atoms with van der Waals surface area (Å²) < 4.78 is 9.75. The van der Waals surface area contributed by atoms with Crippen molar-refractivity contribution in [2.75, 3.05) is 24.7 Å². The first-order valence-corrected chi connectivity index (χ1v) is 9.26. The molecule has 0 radical (unpaired) electrons. The molecule has 1 saturated heterocycles. The molecule has 0 N–H and O–H groups in total. The quantitative estimate of drug-likeness (QED) is 0.520. The molecule has 2 unspecified atom stereocenters. The summed E-state index contributed by atoms with van der Waals surface area (Å²) in [6.07, 6.45) is 0.826. The van der Waals surface area contributed by atoms with E-state index in [4.69, 9.17) is 9.47 Å². The van der Waals surface area contributed by atoms with E-state index in [0.29, 0.717) is 0 Å². The molecule has 0 bridgehead atoms. The first-order valence-electron chi connectivity index (χ1n) is 7.16. The van der Waals surface area contributed by atoms with Crippen LogP contribution in [0.15, 0.2) is 0 Å². The fourth-order valence-electron chi connectivity index (χ4n) is 2.11. The number of Topliss-reactive ketones (excluding diaryl/α,β-unsaturated/α-hetero) is 1. The van der Waals surface area contributed by atoms with E-state index in [-0.39, 0.29) is 29.5 Å². The Morgan fingerprint density at radius 3 is 2.00 bits per heavy atom. The van der Waals surface area contributed by atoms with Crippen LogP contribution in [0.4, 0.5) is 0 Å². The van der Waals surface area contributed by atoms with Crippen LogP contribution in [0, 0.1) is 5.92 Å². The summed E-state index contributed by atoms with van der Waals surface area (Å²) in [5.41, 5.74) is 0. The summed E-state index contributed by atoms with van der Waals surface area (Å²) in [7, 11) is 0. The summed E-state index contributed by atoms with van der Waals surface area (Å²) in [5.74, 6) is -1.60. The van der Waals surface area contributed by atoms with E-state index in [1.165, 1.54) is 11.8 Å². The lowest BCUT2D eigenvalue weighted by Crippen LogP contribution is -2.44. The van der Waals surface area contributed by atoms with Crippen LogP contribution in [0.2, 0.25) is 0 Å². The molecule has 0 spiro atoms. The minimum absolute atomic E-state index is 0.127. The van der Waals surface area contributed by atoms with Gasteiger partial charge in [0, 0.05) is 16.8 Å². The fraction of sp³-hybridized carbons (Fsp3) is 0.786. The van der Waals surface area contributed by atoms with Gasteiger partial charge >= 0.3 is 11.9 Å². The molecule has 5 nitrogen and oxygen atoms in total. The molecule has 1 aliphatic rings. The molecular formula is C14H22O5S2. The molecule has 1 fully saturated rings. The van der Waals surface area contributed by atoms with Gasteiger partial charge in [-0.3, -0.25) is 14.4 Å². The highest BCUT2D eigenvalue weighted by molar-refractivity contribution is 8.07. The third-order valence-corrected chi connectivity index (χ3v) is 6.33. The van der Waals surface area contributed by atoms with E-state index in [1.807, 2.05) is 6.92 Å². The number of carbonyl (C=O) groups excluding carboxylic acids is 3. The van der Waals surface area contributed by atoms with Gasteiger partial charge in [-0.25, -0.2) is 0 Å². The van der Waals surface area contributed by atoms with Gasteiger partial charge < -0.3 is 9.47 Å². The van der Waals surface area contributed by atoms with Crippen molar-refractivity contribution >= 4 is 41.2 Å². The molecule has 0 aromatic rings. The third kappa shape index (κ3) is 4.92. The normalized spacial score (nSPS) is 21.9. The average Bonchev–Trinajstić information content (AvgIpc) is 2.47. The van der Waals surface area contributed by atoms with E-state index < -0.39 is 17.9 Å². The van der Waals surface area contributed by atoms with Crippen LogP contribution < -0.4 is 0 Å². The van der Waals surface area contributed by atoms with E-state index in [9.17, 15) is 14.4 Å². The number of ketones is 1. The molecule has 1 rings (SSSR count). The average molecular weight is 334 g/mol. The predicted molar refractivity (Wildman–Crippen MR) is 84.5 cm³/mol. The van der Waals surface area contributed by atoms with Crippen molar-refractivity contribution < 1.29 is 23.9 Å². The summed E-state index contributed by atoms with van der Waals surface area (Å²) >= 11 is 3.24. The minimum Gasteiger partial charge on any atom is -0.465 e. The van der Waals surface area contributed by atoms with Crippen molar-refractivity contribution in [3.63, 3.8) is 0 Å². The SMILES string of the molecule is CCOC(=O)C(C(=O)OCC)C(=O)C1SCCSC1CC. The van der Waals surface area contributed by atoms with Crippen LogP contribution in [-0.2, 0) is 23.9 Å². The van der Waals surface area contributed by atoms with Gasteiger partial charge in [-0.2, -0.15) is 11.8 Å². The standard InChI is InChI=1S/C14H22O5S2/c1-4-9-12(21-8-7-20-9)11(15)10(13(16)18-5-2)14(17)19-6-3/h9-10,12H,4-8H2,1-3H3. The molecule has 0 aromatic heterocycles. The van der Waals surface area contributed by atoms with Crippen molar-refractivity contribution in [3.05, 3.63) is 0 Å². The maximum Gasteiger partial charge on any atom is 0.328 e. The molecule has 0 aromatic carbocycles. The van der Waals surface area contributed by atoms with Crippen molar-refractivity contribution in [1.29, 1.82) is 0 Å². The van der Waals surface area contributed by atoms with E-state index in [2.05, 4.69) is 0 Å². The number of rotatable bonds is 7. The van der Waals surface area contributed by atoms with Gasteiger partial charge in [-0.1, -0.05) is 6.92 Å². The first kappa shape index (κ1) is 18.4. The number of esters is 2. The highest BCUT2D eigenvalue weighted by Gasteiger charge is 2.43. The van der Waals surface area contributed by atoms with Gasteiger partial charge in [0.1, 0.15) is 0 Å². The van der Waals surface area contributed by atoms with Gasteiger partial charge in [-0.15, -0.1) is 11.8 Å². The molecule has 0 saturated carbocycles. The van der Waals surface area contributed by atoms with Crippen molar-refractivity contribution in [2.45, 2.75) is 37.7 Å². The lowest BCUT2D eigenvalue weighted by molar-refractivity contribution is -0.163. The Balaban J connectivity index is 2.92. The second-order valence-corrected chi connectivity index (χ2v) is 7.04. The summed E-state index contributed by atoms with van der Waals surface area (Å²) in [6, 6.07) is 0. The monoisotopic (exact) mass is 334 g/mol. The van der Waals surface area contributed by atoms with Crippen LogP contribution in [0.1, 0.15) is 27.2 Å². The second kappa shape index (κ2) is 9.35. The Bertz CT molecular complexity index is 368. The zero-order chi connectivity index (χ0) is 15.8. The summed E-state index contributed by atoms with van der Waals surface area (Å²) in [6.45, 7) is 5.56. The Morgan fingerprint density at radius 1 is 1.00 bits per heavy atom. The van der Waals surface area contributed by atoms with Crippen molar-refractivity contribution in [1.82, 2.24) is 0 Å². The number of ether oxygens (including phenoxy) is 2. The Hall–Kier alpha value is -0.690. The van der Waals surface area contributed by atoms with Crippen LogP contribution in [-0.4, -0.2) is 52.9 Å². The maximum absolute atomic E-state index is 12.7. The molecule has 7 heteroatoms. The zero-order valence-electron chi connectivity index (χ0n) is 12.6. The number of thioether (sulfide) groups is 2. The van der Waals surface area contributed by atoms with Crippen LogP contribution in [0.5, 0.6) is 0 Å². The molecule has 2 atom stereocenters. The largest absolute Gasteiger partial charge is 0.465 e. The highest BCUT2D eigenvalue weighted by Crippen LogP contribution is 2.35. The van der Waals surface area contributed by atoms with Gasteiger partial charge in [0.2, 0.25) is 5.92 Å². The van der Waals surface area contributed by atoms with E-state index in [1.54, 1.807) is 25.6 Å². The molecule has 1 heterocycles. The fourth-order valence-corrected chi connectivity index (χ4v) is 5.16. The van der Waals surface area contributed by atoms with Gasteiger partial charge in [0.25, 0.3) is 0 Å². The van der Waals surface area contributed by atoms with Crippen LogP contribution in [0.3, 0.4) is 0 Å². The van der Waals surface area contributed by atoms with Gasteiger partial charge in [0.05, 0.1) is 18.5 Å². The first-order chi connectivity index (χ1) is 10.1. The highest BCUT2D eigenvalue weighted by atomic mass is 32.2. The van der Waals surface area contributed by atoms with Gasteiger partial charge in [0.15, 0.2) is 5.78 Å². The second-order valence-electron chi connectivity index (χ2n) is 4.45. The molecule has 21 heavy (non-hydrogen) atoms. The maximum atomic E-state index is 12.7. The smallest absolute Gasteiger partial charge is 0.328 e. The molecule has 1 aliphatic heterocycles. The van der Waals surface area contributed by atoms with Crippen molar-refractivity contribution in [2.24, 2.45) is 5.92 Å². The number of hydrogen-bond donors (Lipinski definition) is 0. The van der Waals surface area contributed by atoms with E-state index >= 15 is 0 Å².